The van der Waals surface area contributed by atoms with Gasteiger partial charge in [0.05, 0.1) is 30.0 Å². The summed E-state index contributed by atoms with van der Waals surface area (Å²) in [5.41, 5.74) is 9.58. The highest BCUT2D eigenvalue weighted by Gasteiger charge is 2.61. The van der Waals surface area contributed by atoms with Crippen LogP contribution in [0.2, 0.25) is 0 Å². The number of ketones is 4. The molecular formula is C33H39N3O6. The summed E-state index contributed by atoms with van der Waals surface area (Å²) >= 11 is 0. The molecule has 2 N–H and O–H groups in total. The zero-order chi connectivity index (χ0) is 30.5. The molecule has 0 radical (unpaired) electrons. The Hall–Kier alpha value is -3.85. The lowest BCUT2D eigenvalue weighted by atomic mass is 9.54. The summed E-state index contributed by atoms with van der Waals surface area (Å²) in [6.07, 6.45) is 2.50. The number of ether oxygens (including phenoxy) is 1. The highest BCUT2D eigenvalue weighted by Crippen LogP contribution is 2.50. The molecule has 9 heteroatoms. The monoisotopic (exact) mass is 573 g/mol. The Morgan fingerprint density at radius 3 is 2.21 bits per heavy atom. The van der Waals surface area contributed by atoms with Crippen molar-refractivity contribution in [1.29, 1.82) is 0 Å². The van der Waals surface area contributed by atoms with Crippen molar-refractivity contribution in [3.63, 3.8) is 0 Å². The number of nitrogens with two attached hydrogens (primary N) is 1. The molecule has 0 spiro atoms. The van der Waals surface area contributed by atoms with E-state index < -0.39 is 58.9 Å². The fraction of sp³-hybridized carbons (Fsp3) is 0.485. The second-order valence-electron chi connectivity index (χ2n) is 12.2. The molecule has 4 unspecified atom stereocenters. The lowest BCUT2D eigenvalue weighted by Gasteiger charge is -2.48. The van der Waals surface area contributed by atoms with Gasteiger partial charge in [-0.1, -0.05) is 31.5 Å². The van der Waals surface area contributed by atoms with Crippen LogP contribution in [-0.2, 0) is 25.6 Å². The number of benzene rings is 2. The summed E-state index contributed by atoms with van der Waals surface area (Å²) in [5, 5.41) is 0. The maximum absolute atomic E-state index is 14.3. The topological polar surface area (TPSA) is 127 Å². The highest BCUT2D eigenvalue weighted by atomic mass is 16.5. The average Bonchev–Trinajstić information content (AvgIpc) is 2.92. The number of carbonyl (C=O) groups is 5. The van der Waals surface area contributed by atoms with Gasteiger partial charge in [-0.25, -0.2) is 0 Å². The first kappa shape index (κ1) is 29.6. The molecule has 2 fully saturated rings. The second kappa shape index (κ2) is 11.4. The number of unbranched alkanes of at least 4 members (excludes halogenated alkanes) is 1. The molecule has 5 rings (SSSR count). The van der Waals surface area contributed by atoms with Gasteiger partial charge in [-0.15, -0.1) is 0 Å². The van der Waals surface area contributed by atoms with Crippen molar-refractivity contribution in [2.24, 2.45) is 35.3 Å². The molecular weight excluding hydrogens is 534 g/mol. The van der Waals surface area contributed by atoms with E-state index in [1.54, 1.807) is 25.1 Å². The van der Waals surface area contributed by atoms with E-state index in [2.05, 4.69) is 6.92 Å². The Kier molecular flexibility index (Phi) is 8.07. The lowest BCUT2D eigenvalue weighted by Crippen LogP contribution is -2.64. The fourth-order valence-electron chi connectivity index (χ4n) is 7.27. The Balaban J connectivity index is 1.61. The van der Waals surface area contributed by atoms with E-state index in [4.69, 9.17) is 10.5 Å². The van der Waals surface area contributed by atoms with E-state index in [0.29, 0.717) is 30.8 Å². The molecule has 3 aliphatic rings. The SMILES string of the molecule is CCCCOc1ccc(-c2ccc(N(C)C)cc2)c2c1C(=O)C1C(=O)C3C(=O)C(C(N)=O)C(=O)[C@@H](N(C)C)[C@@H]3CC1C2. The van der Waals surface area contributed by atoms with Crippen LogP contribution in [0.4, 0.5) is 5.69 Å². The molecule has 2 aromatic carbocycles. The van der Waals surface area contributed by atoms with Gasteiger partial charge in [0.15, 0.2) is 29.1 Å². The Morgan fingerprint density at radius 1 is 0.929 bits per heavy atom. The maximum Gasteiger partial charge on any atom is 0.235 e. The van der Waals surface area contributed by atoms with Gasteiger partial charge < -0.3 is 15.4 Å². The number of anilines is 1. The smallest absolute Gasteiger partial charge is 0.235 e. The standard InChI is InChI=1S/C33H39N3O6/c1-6-7-14-42-23-13-12-20(17-8-10-19(11-9-17)35(2)3)21-15-18-16-22-26(30(38)24(18)29(37)25(21)23)31(39)27(33(34)41)32(40)28(22)36(4)5/h8-13,18,22,24,26-28H,6-7,14-16H2,1-5H3,(H2,34,41)/t18?,22-,24?,26?,27?,28+/m1/s1. The summed E-state index contributed by atoms with van der Waals surface area (Å²) < 4.78 is 6.09. The Bertz CT molecular complexity index is 1450. The minimum atomic E-state index is -1.69. The van der Waals surface area contributed by atoms with Crippen molar-refractivity contribution >= 4 is 34.7 Å². The van der Waals surface area contributed by atoms with E-state index >= 15 is 0 Å². The highest BCUT2D eigenvalue weighted by molar-refractivity contribution is 6.28. The van der Waals surface area contributed by atoms with E-state index in [-0.39, 0.29) is 5.78 Å². The zero-order valence-corrected chi connectivity index (χ0v) is 24.9. The third-order valence-electron chi connectivity index (χ3n) is 9.22. The van der Waals surface area contributed by atoms with Crippen molar-refractivity contribution in [1.82, 2.24) is 4.90 Å². The first-order chi connectivity index (χ1) is 20.0. The van der Waals surface area contributed by atoms with Gasteiger partial charge in [0.2, 0.25) is 5.91 Å². The number of hydrogen-bond acceptors (Lipinski definition) is 8. The molecule has 0 aliphatic heterocycles. The fourth-order valence-corrected chi connectivity index (χ4v) is 7.27. The third kappa shape index (κ3) is 4.83. The number of likely N-dealkylation sites (N-methyl/N-ethyl adjacent to an activating group) is 1. The molecule has 0 aromatic heterocycles. The van der Waals surface area contributed by atoms with Crippen LogP contribution >= 0.6 is 0 Å². The first-order valence-corrected chi connectivity index (χ1v) is 14.6. The van der Waals surface area contributed by atoms with Crippen LogP contribution in [0.3, 0.4) is 0 Å². The zero-order valence-electron chi connectivity index (χ0n) is 24.9. The van der Waals surface area contributed by atoms with Gasteiger partial charge in [-0.2, -0.15) is 0 Å². The lowest BCUT2D eigenvalue weighted by molar-refractivity contribution is -0.157. The van der Waals surface area contributed by atoms with Crippen LogP contribution < -0.4 is 15.4 Å². The Labute approximate surface area is 246 Å². The normalized spacial score (nSPS) is 26.9. The summed E-state index contributed by atoms with van der Waals surface area (Å²) in [7, 11) is 7.33. The van der Waals surface area contributed by atoms with Crippen LogP contribution in [0, 0.1) is 29.6 Å². The van der Waals surface area contributed by atoms with Crippen LogP contribution in [-0.4, -0.2) is 74.8 Å². The van der Waals surface area contributed by atoms with E-state index in [9.17, 15) is 24.0 Å². The summed E-state index contributed by atoms with van der Waals surface area (Å²) in [6.45, 7) is 2.49. The molecule has 0 heterocycles. The van der Waals surface area contributed by atoms with E-state index in [1.807, 2.05) is 49.3 Å². The number of Topliss-reactive ketones (excluding diaryl/α,β-unsaturated/α-hetero) is 4. The number of hydrogen-bond donors (Lipinski definition) is 1. The summed E-state index contributed by atoms with van der Waals surface area (Å²) in [6, 6.07) is 11.0. The average molecular weight is 574 g/mol. The van der Waals surface area contributed by atoms with Crippen molar-refractivity contribution in [2.75, 3.05) is 39.7 Å². The van der Waals surface area contributed by atoms with Crippen molar-refractivity contribution in [2.45, 2.75) is 38.6 Å². The number of primary amides is 1. The van der Waals surface area contributed by atoms with E-state index in [0.717, 1.165) is 35.2 Å². The molecule has 1 amide bonds. The Morgan fingerprint density at radius 2 is 1.62 bits per heavy atom. The minimum Gasteiger partial charge on any atom is -0.493 e. The predicted octanol–water partition coefficient (Wildman–Crippen LogP) is 2.96. The van der Waals surface area contributed by atoms with Gasteiger partial charge in [-0.05, 0) is 80.1 Å². The summed E-state index contributed by atoms with van der Waals surface area (Å²) in [4.78, 5) is 71.1. The molecule has 6 atom stereocenters. The second-order valence-corrected chi connectivity index (χ2v) is 12.2. The van der Waals surface area contributed by atoms with Crippen LogP contribution in [0.25, 0.3) is 11.1 Å². The molecule has 222 valence electrons. The molecule has 9 nitrogen and oxygen atoms in total. The number of carbonyl (C=O) groups excluding carboxylic acids is 5. The number of rotatable bonds is 8. The number of nitrogens with zero attached hydrogens (tertiary/aromatic N) is 2. The van der Waals surface area contributed by atoms with Crippen LogP contribution in [0.5, 0.6) is 5.75 Å². The van der Waals surface area contributed by atoms with Gasteiger partial charge in [-0.3, -0.25) is 28.9 Å². The third-order valence-corrected chi connectivity index (χ3v) is 9.22. The van der Waals surface area contributed by atoms with E-state index in [1.165, 1.54) is 0 Å². The predicted molar refractivity (Wildman–Crippen MR) is 158 cm³/mol. The first-order valence-electron chi connectivity index (χ1n) is 14.6. The molecule has 2 saturated carbocycles. The van der Waals surface area contributed by atoms with Crippen molar-refractivity contribution in [3.8, 4) is 16.9 Å². The number of fused-ring (bicyclic) bond motifs is 3. The van der Waals surface area contributed by atoms with Crippen LogP contribution in [0.1, 0.15) is 42.1 Å². The van der Waals surface area contributed by atoms with Crippen LogP contribution in [0.15, 0.2) is 36.4 Å². The number of amides is 1. The van der Waals surface area contributed by atoms with Gasteiger partial charge >= 0.3 is 0 Å². The molecule has 42 heavy (non-hydrogen) atoms. The maximum atomic E-state index is 14.3. The quantitative estimate of drug-likeness (QED) is 0.377. The van der Waals surface area contributed by atoms with Gasteiger partial charge in [0.25, 0.3) is 0 Å². The molecule has 2 aromatic rings. The molecule has 3 aliphatic carbocycles. The van der Waals surface area contributed by atoms with Gasteiger partial charge in [0.1, 0.15) is 5.75 Å². The largest absolute Gasteiger partial charge is 0.493 e. The van der Waals surface area contributed by atoms with Crippen molar-refractivity contribution in [3.05, 3.63) is 47.5 Å². The molecule has 0 saturated heterocycles. The van der Waals surface area contributed by atoms with Crippen molar-refractivity contribution < 1.29 is 28.7 Å². The summed E-state index contributed by atoms with van der Waals surface area (Å²) in [5.74, 6) is -7.81. The molecule has 0 bridgehead atoms. The minimum absolute atomic E-state index is 0.331. The van der Waals surface area contributed by atoms with Gasteiger partial charge in [0, 0.05) is 19.8 Å².